The van der Waals surface area contributed by atoms with Gasteiger partial charge in [0, 0.05) is 10.9 Å². The molecule has 3 heteroatoms. The molecule has 0 saturated carbocycles. The summed E-state index contributed by atoms with van der Waals surface area (Å²) in [6, 6.07) is 31.0. The number of nitrogens with zero attached hydrogens (tertiary/aromatic N) is 3. The summed E-state index contributed by atoms with van der Waals surface area (Å²) >= 11 is 0. The lowest BCUT2D eigenvalue weighted by Gasteiger charge is -2.01. The minimum Gasteiger partial charge on any atom is -0.158 e. The smallest absolute Gasteiger partial charge is 0.122 e. The molecular weight excluding hydrogens is 354 g/mol. The first-order valence-electron chi connectivity index (χ1n) is 9.61. The van der Waals surface area contributed by atoms with Crippen molar-refractivity contribution < 1.29 is 0 Å². The number of hydrogen-bond donors (Lipinski definition) is 0. The average Bonchev–Trinajstić information content (AvgIpc) is 3.22. The lowest BCUT2D eigenvalue weighted by atomic mass is 10.0. The van der Waals surface area contributed by atoms with E-state index in [1.54, 1.807) is 4.80 Å². The first-order chi connectivity index (χ1) is 14.4. The largest absolute Gasteiger partial charge is 0.158 e. The summed E-state index contributed by atoms with van der Waals surface area (Å²) in [7, 11) is 0. The molecule has 1 heterocycles. The Labute approximate surface area is 169 Å². The summed E-state index contributed by atoms with van der Waals surface area (Å²) in [6.07, 6.45) is 8.14. The van der Waals surface area contributed by atoms with E-state index < -0.39 is 0 Å². The molecule has 0 amide bonds. The Morgan fingerprint density at radius 3 is 1.97 bits per heavy atom. The number of hydrogen-bond acceptors (Lipinski definition) is 2. The first kappa shape index (κ1) is 17.1. The molecule has 0 aliphatic carbocycles. The van der Waals surface area contributed by atoms with Gasteiger partial charge in [0.05, 0.1) is 6.20 Å². The van der Waals surface area contributed by atoms with Crippen molar-refractivity contribution in [2.75, 3.05) is 0 Å². The predicted molar refractivity (Wildman–Crippen MR) is 122 cm³/mol. The topological polar surface area (TPSA) is 30.7 Å². The van der Waals surface area contributed by atoms with Crippen molar-refractivity contribution in [3.63, 3.8) is 0 Å². The van der Waals surface area contributed by atoms with Gasteiger partial charge in [-0.2, -0.15) is 4.80 Å². The SMILES string of the molecule is C(=Cc1cc2ccccc2c2nn(C=Cc3ccccc3)nc12)c1ccccc1. The highest BCUT2D eigenvalue weighted by molar-refractivity contribution is 6.07. The highest BCUT2D eigenvalue weighted by Gasteiger charge is 2.10. The molecule has 5 aromatic rings. The van der Waals surface area contributed by atoms with Crippen LogP contribution in [0.25, 0.3) is 46.2 Å². The fraction of sp³-hybridized carbons (Fsp3) is 0. The number of benzene rings is 4. The molecule has 0 atom stereocenters. The maximum absolute atomic E-state index is 4.76. The van der Waals surface area contributed by atoms with Crippen molar-refractivity contribution in [3.8, 4) is 0 Å². The van der Waals surface area contributed by atoms with Gasteiger partial charge in [-0.15, -0.1) is 10.2 Å². The van der Waals surface area contributed by atoms with Crippen molar-refractivity contribution in [2.45, 2.75) is 0 Å². The van der Waals surface area contributed by atoms with E-state index in [0.29, 0.717) is 0 Å². The normalized spacial score (nSPS) is 11.9. The third kappa shape index (κ3) is 3.58. The second-order valence-electron chi connectivity index (χ2n) is 6.87. The number of rotatable bonds is 4. The van der Waals surface area contributed by atoms with Gasteiger partial charge in [-0.1, -0.05) is 97.1 Å². The maximum Gasteiger partial charge on any atom is 0.122 e. The van der Waals surface area contributed by atoms with Crippen LogP contribution in [-0.2, 0) is 0 Å². The molecule has 0 fully saturated rings. The summed E-state index contributed by atoms with van der Waals surface area (Å²) in [5.74, 6) is 0. The Morgan fingerprint density at radius 1 is 0.586 bits per heavy atom. The van der Waals surface area contributed by atoms with Gasteiger partial charge in [0.1, 0.15) is 11.0 Å². The van der Waals surface area contributed by atoms with E-state index >= 15 is 0 Å². The van der Waals surface area contributed by atoms with E-state index in [1.807, 2.05) is 54.7 Å². The van der Waals surface area contributed by atoms with Crippen LogP contribution in [0.15, 0.2) is 91.0 Å². The third-order valence-corrected chi connectivity index (χ3v) is 4.88. The van der Waals surface area contributed by atoms with Crippen LogP contribution in [-0.4, -0.2) is 15.0 Å². The fourth-order valence-corrected chi connectivity index (χ4v) is 3.43. The van der Waals surface area contributed by atoms with E-state index in [1.165, 1.54) is 0 Å². The van der Waals surface area contributed by atoms with Gasteiger partial charge < -0.3 is 0 Å². The van der Waals surface area contributed by atoms with Crippen LogP contribution in [0.3, 0.4) is 0 Å². The summed E-state index contributed by atoms with van der Waals surface area (Å²) in [4.78, 5) is 1.66. The zero-order valence-electron chi connectivity index (χ0n) is 15.8. The van der Waals surface area contributed by atoms with Crippen molar-refractivity contribution >= 4 is 46.2 Å². The summed E-state index contributed by atoms with van der Waals surface area (Å²) in [5, 5.41) is 11.8. The molecule has 0 radical (unpaired) electrons. The van der Waals surface area contributed by atoms with Gasteiger partial charge in [-0.3, -0.25) is 0 Å². The molecule has 5 rings (SSSR count). The van der Waals surface area contributed by atoms with Crippen LogP contribution in [0.5, 0.6) is 0 Å². The molecular formula is C26H19N3. The Bertz CT molecular complexity index is 1330. The second-order valence-corrected chi connectivity index (χ2v) is 6.87. The average molecular weight is 373 g/mol. The molecule has 0 saturated heterocycles. The van der Waals surface area contributed by atoms with Gasteiger partial charge in [-0.25, -0.2) is 0 Å². The van der Waals surface area contributed by atoms with Crippen LogP contribution in [0.4, 0.5) is 0 Å². The van der Waals surface area contributed by atoms with E-state index in [9.17, 15) is 0 Å². The van der Waals surface area contributed by atoms with E-state index in [4.69, 9.17) is 10.2 Å². The van der Waals surface area contributed by atoms with Gasteiger partial charge >= 0.3 is 0 Å². The highest BCUT2D eigenvalue weighted by Crippen LogP contribution is 2.27. The van der Waals surface area contributed by atoms with Gasteiger partial charge in [0.25, 0.3) is 0 Å². The van der Waals surface area contributed by atoms with Gasteiger partial charge in [0.2, 0.25) is 0 Å². The van der Waals surface area contributed by atoms with E-state index in [0.717, 1.165) is 38.5 Å². The van der Waals surface area contributed by atoms with Gasteiger partial charge in [0.15, 0.2) is 0 Å². The zero-order chi connectivity index (χ0) is 19.5. The Morgan fingerprint density at radius 2 is 1.21 bits per heavy atom. The standard InChI is InChI=1S/C26H19N3/c1-3-9-20(10-4-1)15-16-23-19-22-13-7-8-14-24(22)26-25(23)27-29(28-26)18-17-21-11-5-2-6-12-21/h1-19H. The molecule has 0 unspecified atom stereocenters. The minimum absolute atomic E-state index is 0.897. The van der Waals surface area contributed by atoms with E-state index in [-0.39, 0.29) is 0 Å². The first-order valence-corrected chi connectivity index (χ1v) is 9.61. The molecule has 0 aliphatic rings. The van der Waals surface area contributed by atoms with Crippen molar-refractivity contribution in [2.24, 2.45) is 0 Å². The predicted octanol–water partition coefficient (Wildman–Crippen LogP) is 6.38. The van der Waals surface area contributed by atoms with E-state index in [2.05, 4.69) is 60.7 Å². The van der Waals surface area contributed by atoms with Crippen LogP contribution in [0.1, 0.15) is 16.7 Å². The van der Waals surface area contributed by atoms with Crippen LogP contribution >= 0.6 is 0 Å². The summed E-state index contributed by atoms with van der Waals surface area (Å²) < 4.78 is 0. The van der Waals surface area contributed by atoms with Gasteiger partial charge in [-0.05, 0) is 28.7 Å². The Hall–Kier alpha value is -3.98. The monoisotopic (exact) mass is 373 g/mol. The minimum atomic E-state index is 0.897. The summed E-state index contributed by atoms with van der Waals surface area (Å²) in [6.45, 7) is 0. The number of aromatic nitrogens is 3. The molecule has 29 heavy (non-hydrogen) atoms. The van der Waals surface area contributed by atoms with Crippen molar-refractivity contribution in [1.82, 2.24) is 15.0 Å². The fourth-order valence-electron chi connectivity index (χ4n) is 3.43. The highest BCUT2D eigenvalue weighted by atomic mass is 15.5. The quantitative estimate of drug-likeness (QED) is 0.342. The number of fused-ring (bicyclic) bond motifs is 3. The Kier molecular flexibility index (Phi) is 4.47. The molecule has 1 aromatic heterocycles. The maximum atomic E-state index is 4.76. The zero-order valence-corrected chi connectivity index (χ0v) is 15.8. The molecule has 138 valence electrons. The molecule has 0 spiro atoms. The molecule has 0 bridgehead atoms. The van der Waals surface area contributed by atoms with Crippen LogP contribution < -0.4 is 0 Å². The van der Waals surface area contributed by atoms with Crippen LogP contribution in [0.2, 0.25) is 0 Å². The molecule has 0 N–H and O–H groups in total. The van der Waals surface area contributed by atoms with Crippen molar-refractivity contribution in [3.05, 3.63) is 108 Å². The molecule has 0 aliphatic heterocycles. The molecule has 3 nitrogen and oxygen atoms in total. The van der Waals surface area contributed by atoms with Crippen LogP contribution in [0, 0.1) is 0 Å². The lowest BCUT2D eigenvalue weighted by Crippen LogP contribution is -1.90. The van der Waals surface area contributed by atoms with Crippen molar-refractivity contribution in [1.29, 1.82) is 0 Å². The second kappa shape index (κ2) is 7.56. The Balaban J connectivity index is 1.63. The third-order valence-electron chi connectivity index (χ3n) is 4.88. The molecule has 4 aromatic carbocycles. The lowest BCUT2D eigenvalue weighted by molar-refractivity contribution is 0.814. The summed E-state index contributed by atoms with van der Waals surface area (Å²) in [5.41, 5.74) is 5.14.